The van der Waals surface area contributed by atoms with Gasteiger partial charge in [0.15, 0.2) is 5.13 Å². The van der Waals surface area contributed by atoms with E-state index in [1.165, 1.54) is 0 Å². The maximum atomic E-state index is 14.3. The molecule has 1 fully saturated rings. The molecule has 0 bridgehead atoms. The molecule has 1 atom stereocenters. The molecule has 1 amide bonds. The van der Waals surface area contributed by atoms with Crippen LogP contribution < -0.4 is 9.64 Å². The summed E-state index contributed by atoms with van der Waals surface area (Å²) < 4.78 is 13.1. The summed E-state index contributed by atoms with van der Waals surface area (Å²) in [6, 6.07) is 23.6. The van der Waals surface area contributed by atoms with Gasteiger partial charge < -0.3 is 9.47 Å². The zero-order chi connectivity index (χ0) is 21.5. The van der Waals surface area contributed by atoms with Crippen molar-refractivity contribution in [1.29, 1.82) is 0 Å². The Kier molecular flexibility index (Phi) is 4.89. The molecule has 1 saturated heterocycles. The van der Waals surface area contributed by atoms with Crippen molar-refractivity contribution < 1.29 is 14.3 Å². The number of para-hydroxylation sites is 3. The fraction of sp³-hybridized carbons (Fsp3) is 0.231. The fourth-order valence-electron chi connectivity index (χ4n) is 4.56. The molecule has 0 radical (unpaired) electrons. The Morgan fingerprint density at radius 2 is 1.66 bits per heavy atom. The largest absolute Gasteiger partial charge is 0.457 e. The summed E-state index contributed by atoms with van der Waals surface area (Å²) >= 11 is 1.55. The van der Waals surface area contributed by atoms with Crippen LogP contribution in [0.5, 0.6) is 11.5 Å². The van der Waals surface area contributed by atoms with E-state index in [9.17, 15) is 4.79 Å². The Bertz CT molecular complexity index is 1220. The highest BCUT2D eigenvalue weighted by atomic mass is 32.1. The molecule has 1 aromatic heterocycles. The molecule has 0 saturated carbocycles. The van der Waals surface area contributed by atoms with Crippen LogP contribution in [0.15, 0.2) is 72.8 Å². The van der Waals surface area contributed by atoms with E-state index in [4.69, 9.17) is 14.5 Å². The molecular weight excluding hydrogens is 420 g/mol. The van der Waals surface area contributed by atoms with E-state index in [2.05, 4.69) is 0 Å². The number of fused-ring (bicyclic) bond motifs is 3. The van der Waals surface area contributed by atoms with E-state index in [1.54, 1.807) is 11.3 Å². The van der Waals surface area contributed by atoms with Gasteiger partial charge in [0, 0.05) is 17.7 Å². The topological polar surface area (TPSA) is 51.7 Å². The average molecular weight is 443 g/mol. The van der Waals surface area contributed by atoms with Gasteiger partial charge in [-0.25, -0.2) is 4.98 Å². The Morgan fingerprint density at radius 3 is 2.34 bits per heavy atom. The summed E-state index contributed by atoms with van der Waals surface area (Å²) in [5.41, 5.74) is 2.68. The second kappa shape index (κ2) is 8.04. The summed E-state index contributed by atoms with van der Waals surface area (Å²) in [4.78, 5) is 20.9. The number of amides is 1. The molecule has 5 nitrogen and oxygen atoms in total. The van der Waals surface area contributed by atoms with Gasteiger partial charge in [0.2, 0.25) is 5.91 Å². The Morgan fingerprint density at radius 1 is 0.969 bits per heavy atom. The van der Waals surface area contributed by atoms with Crippen molar-refractivity contribution in [2.75, 3.05) is 18.1 Å². The quantitative estimate of drug-likeness (QED) is 0.404. The predicted molar refractivity (Wildman–Crippen MR) is 126 cm³/mol. The van der Waals surface area contributed by atoms with Gasteiger partial charge in [0.05, 0.1) is 28.8 Å². The van der Waals surface area contributed by atoms with Gasteiger partial charge in [-0.1, -0.05) is 59.9 Å². The molecule has 2 aliphatic rings. The lowest BCUT2D eigenvalue weighted by Gasteiger charge is -2.32. The average Bonchev–Trinajstić information content (AvgIpc) is 3.50. The van der Waals surface area contributed by atoms with Gasteiger partial charge in [-0.05, 0) is 37.1 Å². The molecule has 32 heavy (non-hydrogen) atoms. The number of carbonyl (C=O) groups is 1. The van der Waals surface area contributed by atoms with Crippen molar-refractivity contribution >= 4 is 32.6 Å². The molecule has 0 aliphatic carbocycles. The van der Waals surface area contributed by atoms with E-state index in [0.717, 1.165) is 52.3 Å². The van der Waals surface area contributed by atoms with Crippen molar-refractivity contribution in [3.05, 3.63) is 83.9 Å². The molecule has 6 rings (SSSR count). The maximum absolute atomic E-state index is 14.3. The van der Waals surface area contributed by atoms with Gasteiger partial charge >= 0.3 is 0 Å². The number of hydrogen-bond donors (Lipinski definition) is 0. The van der Waals surface area contributed by atoms with Crippen LogP contribution in [-0.2, 0) is 9.53 Å². The highest BCUT2D eigenvalue weighted by molar-refractivity contribution is 7.22. The van der Waals surface area contributed by atoms with Crippen molar-refractivity contribution in [1.82, 2.24) is 4.98 Å². The van der Waals surface area contributed by atoms with Crippen molar-refractivity contribution in [2.24, 2.45) is 0 Å². The summed E-state index contributed by atoms with van der Waals surface area (Å²) in [5, 5.41) is 0.716. The van der Waals surface area contributed by atoms with E-state index in [1.807, 2.05) is 77.7 Å². The first kappa shape index (κ1) is 19.5. The molecule has 4 aromatic rings. The van der Waals surface area contributed by atoms with Gasteiger partial charge in [0.1, 0.15) is 11.5 Å². The summed E-state index contributed by atoms with van der Waals surface area (Å²) in [7, 11) is 0. The zero-order valence-electron chi connectivity index (χ0n) is 17.4. The summed E-state index contributed by atoms with van der Waals surface area (Å²) in [6.45, 7) is 1.25. The molecule has 3 aromatic carbocycles. The van der Waals surface area contributed by atoms with Crippen LogP contribution in [0, 0.1) is 0 Å². The lowest BCUT2D eigenvalue weighted by Crippen LogP contribution is -2.41. The molecule has 3 heterocycles. The van der Waals surface area contributed by atoms with E-state index in [-0.39, 0.29) is 12.0 Å². The highest BCUT2D eigenvalue weighted by Gasteiger charge is 2.37. The first-order chi connectivity index (χ1) is 15.8. The normalized spacial score (nSPS) is 17.6. The van der Waals surface area contributed by atoms with Crippen LogP contribution in [0.3, 0.4) is 0 Å². The number of rotatable bonds is 4. The number of nitrogens with zero attached hydrogens (tertiary/aromatic N) is 2. The SMILES string of the molecule is O=C(C1c2ccccc2Oc2ccccc21)N(CC1CCCO1)c1nc2ccccc2s1. The lowest BCUT2D eigenvalue weighted by atomic mass is 9.87. The van der Waals surface area contributed by atoms with Gasteiger partial charge in [-0.15, -0.1) is 0 Å². The van der Waals surface area contributed by atoms with Crippen LogP contribution in [0.2, 0.25) is 0 Å². The number of anilines is 1. The number of thiazole rings is 1. The second-order valence-corrected chi connectivity index (χ2v) is 9.17. The predicted octanol–water partition coefficient (Wildman–Crippen LogP) is 5.75. The van der Waals surface area contributed by atoms with Gasteiger partial charge in [0.25, 0.3) is 0 Å². The first-order valence-corrected chi connectivity index (χ1v) is 11.7. The Hall–Kier alpha value is -3.22. The third-order valence-electron chi connectivity index (χ3n) is 6.12. The minimum absolute atomic E-state index is 0.00255. The monoisotopic (exact) mass is 442 g/mol. The minimum Gasteiger partial charge on any atom is -0.457 e. The van der Waals surface area contributed by atoms with Crippen LogP contribution in [-0.4, -0.2) is 30.1 Å². The number of aromatic nitrogens is 1. The van der Waals surface area contributed by atoms with Crippen molar-refractivity contribution in [2.45, 2.75) is 24.9 Å². The number of ether oxygens (including phenoxy) is 2. The molecule has 6 heteroatoms. The second-order valence-electron chi connectivity index (χ2n) is 8.16. The van der Waals surface area contributed by atoms with E-state index >= 15 is 0 Å². The number of carbonyl (C=O) groups excluding carboxylic acids is 1. The molecular formula is C26H22N2O3S. The zero-order valence-corrected chi connectivity index (χ0v) is 18.3. The molecule has 2 aliphatic heterocycles. The maximum Gasteiger partial charge on any atom is 0.241 e. The molecule has 0 N–H and O–H groups in total. The number of hydrogen-bond acceptors (Lipinski definition) is 5. The standard InChI is InChI=1S/C26H22N2O3S/c29-25(24-18-9-1-4-12-21(18)31-22-13-5-2-10-19(22)24)28(16-17-8-7-15-30-17)26-27-20-11-3-6-14-23(20)32-26/h1-6,9-14,17,24H,7-8,15-16H2. The molecule has 160 valence electrons. The Balaban J connectivity index is 1.46. The molecule has 1 unspecified atom stereocenters. The van der Waals surface area contributed by atoms with Crippen molar-refractivity contribution in [3.8, 4) is 11.5 Å². The third kappa shape index (κ3) is 3.36. The van der Waals surface area contributed by atoms with Gasteiger partial charge in [-0.2, -0.15) is 0 Å². The lowest BCUT2D eigenvalue weighted by molar-refractivity contribution is -0.119. The van der Waals surface area contributed by atoms with E-state index in [0.29, 0.717) is 11.7 Å². The van der Waals surface area contributed by atoms with Crippen LogP contribution in [0.25, 0.3) is 10.2 Å². The first-order valence-electron chi connectivity index (χ1n) is 10.9. The third-order valence-corrected chi connectivity index (χ3v) is 7.18. The van der Waals surface area contributed by atoms with Gasteiger partial charge in [-0.3, -0.25) is 9.69 Å². The Labute approximate surface area is 190 Å². The van der Waals surface area contributed by atoms with Crippen molar-refractivity contribution in [3.63, 3.8) is 0 Å². The fourth-order valence-corrected chi connectivity index (χ4v) is 5.54. The smallest absolute Gasteiger partial charge is 0.241 e. The molecule has 0 spiro atoms. The van der Waals surface area contributed by atoms with Crippen LogP contribution >= 0.6 is 11.3 Å². The minimum atomic E-state index is -0.454. The summed E-state index contributed by atoms with van der Waals surface area (Å²) in [5.74, 6) is 1.00. The van der Waals surface area contributed by atoms with Crippen LogP contribution in [0.4, 0.5) is 5.13 Å². The summed E-state index contributed by atoms with van der Waals surface area (Å²) in [6.07, 6.45) is 2.00. The highest BCUT2D eigenvalue weighted by Crippen LogP contribution is 2.45. The van der Waals surface area contributed by atoms with E-state index < -0.39 is 5.92 Å². The van der Waals surface area contributed by atoms with Crippen LogP contribution in [0.1, 0.15) is 29.9 Å². The number of benzene rings is 3.